The van der Waals surface area contributed by atoms with Gasteiger partial charge in [0, 0.05) is 25.0 Å². The third kappa shape index (κ3) is 2.77. The molecule has 0 saturated carbocycles. The molecule has 2 aromatic heterocycles. The van der Waals surface area contributed by atoms with E-state index in [1.165, 1.54) is 6.26 Å². The standard InChI is InChI=1S/C14H16N2O2/c1-11(2)16(10-12-5-3-7-15-9-12)14(17)13-6-4-8-18-13/h3-9,11H,10H2,1-2H3. The van der Waals surface area contributed by atoms with Crippen LogP contribution in [0.15, 0.2) is 47.3 Å². The molecule has 0 aliphatic rings. The Kier molecular flexibility index (Phi) is 3.77. The molecule has 0 aliphatic heterocycles. The average Bonchev–Trinajstić information content (AvgIpc) is 2.90. The van der Waals surface area contributed by atoms with Crippen LogP contribution in [-0.2, 0) is 6.54 Å². The Hall–Kier alpha value is -2.10. The molecule has 0 spiro atoms. The molecule has 0 fully saturated rings. The maximum atomic E-state index is 12.3. The van der Waals surface area contributed by atoms with Crippen LogP contribution >= 0.6 is 0 Å². The zero-order chi connectivity index (χ0) is 13.0. The third-order valence-electron chi connectivity index (χ3n) is 2.69. The molecular weight excluding hydrogens is 228 g/mol. The normalized spacial score (nSPS) is 10.6. The Morgan fingerprint density at radius 3 is 2.78 bits per heavy atom. The Morgan fingerprint density at radius 1 is 1.39 bits per heavy atom. The van der Waals surface area contributed by atoms with E-state index in [2.05, 4.69) is 4.98 Å². The van der Waals surface area contributed by atoms with Gasteiger partial charge in [-0.15, -0.1) is 0 Å². The van der Waals surface area contributed by atoms with E-state index in [1.807, 2.05) is 26.0 Å². The van der Waals surface area contributed by atoms with Crippen LogP contribution in [0.2, 0.25) is 0 Å². The van der Waals surface area contributed by atoms with Crippen molar-refractivity contribution in [2.45, 2.75) is 26.4 Å². The number of amides is 1. The van der Waals surface area contributed by atoms with Gasteiger partial charge in [-0.25, -0.2) is 0 Å². The van der Waals surface area contributed by atoms with Crippen molar-refractivity contribution < 1.29 is 9.21 Å². The van der Waals surface area contributed by atoms with Crippen molar-refractivity contribution in [1.29, 1.82) is 0 Å². The molecule has 0 unspecified atom stereocenters. The second kappa shape index (κ2) is 5.49. The highest BCUT2D eigenvalue weighted by Crippen LogP contribution is 2.13. The van der Waals surface area contributed by atoms with Crippen LogP contribution in [0.1, 0.15) is 30.0 Å². The fourth-order valence-corrected chi connectivity index (χ4v) is 1.72. The number of hydrogen-bond donors (Lipinski definition) is 0. The second-order valence-corrected chi connectivity index (χ2v) is 4.37. The van der Waals surface area contributed by atoms with Crippen molar-refractivity contribution in [3.63, 3.8) is 0 Å². The summed E-state index contributed by atoms with van der Waals surface area (Å²) in [5.41, 5.74) is 1.01. The molecule has 0 aliphatic carbocycles. The van der Waals surface area contributed by atoms with Crippen LogP contribution in [0.4, 0.5) is 0 Å². The minimum Gasteiger partial charge on any atom is -0.459 e. The number of hydrogen-bond acceptors (Lipinski definition) is 3. The summed E-state index contributed by atoms with van der Waals surface area (Å²) in [5, 5.41) is 0. The molecule has 2 rings (SSSR count). The lowest BCUT2D eigenvalue weighted by atomic mass is 10.2. The van der Waals surface area contributed by atoms with E-state index in [-0.39, 0.29) is 11.9 Å². The summed E-state index contributed by atoms with van der Waals surface area (Å²) in [4.78, 5) is 18.1. The van der Waals surface area contributed by atoms with Gasteiger partial charge in [0.2, 0.25) is 0 Å². The second-order valence-electron chi connectivity index (χ2n) is 4.37. The van der Waals surface area contributed by atoms with Crippen LogP contribution < -0.4 is 0 Å². The van der Waals surface area contributed by atoms with Crippen molar-refractivity contribution in [1.82, 2.24) is 9.88 Å². The number of carbonyl (C=O) groups excluding carboxylic acids is 1. The highest BCUT2D eigenvalue weighted by molar-refractivity contribution is 5.91. The quantitative estimate of drug-likeness (QED) is 0.830. The van der Waals surface area contributed by atoms with Crippen molar-refractivity contribution in [2.75, 3.05) is 0 Å². The van der Waals surface area contributed by atoms with Gasteiger partial charge in [-0.1, -0.05) is 6.07 Å². The van der Waals surface area contributed by atoms with E-state index in [4.69, 9.17) is 4.42 Å². The fourth-order valence-electron chi connectivity index (χ4n) is 1.72. The van der Waals surface area contributed by atoms with Gasteiger partial charge in [-0.2, -0.15) is 0 Å². The monoisotopic (exact) mass is 244 g/mol. The van der Waals surface area contributed by atoms with Crippen LogP contribution in [0.3, 0.4) is 0 Å². The van der Waals surface area contributed by atoms with Crippen molar-refractivity contribution in [2.24, 2.45) is 0 Å². The number of aromatic nitrogens is 1. The molecule has 4 nitrogen and oxygen atoms in total. The predicted molar refractivity (Wildman–Crippen MR) is 68.0 cm³/mol. The molecule has 4 heteroatoms. The first-order valence-corrected chi connectivity index (χ1v) is 5.92. The molecule has 0 saturated heterocycles. The molecule has 94 valence electrons. The van der Waals surface area contributed by atoms with E-state index in [9.17, 15) is 4.79 Å². The van der Waals surface area contributed by atoms with E-state index < -0.39 is 0 Å². The highest BCUT2D eigenvalue weighted by Gasteiger charge is 2.21. The third-order valence-corrected chi connectivity index (χ3v) is 2.69. The topological polar surface area (TPSA) is 46.3 Å². The van der Waals surface area contributed by atoms with Gasteiger partial charge in [-0.05, 0) is 37.6 Å². The maximum absolute atomic E-state index is 12.3. The van der Waals surface area contributed by atoms with Gasteiger partial charge >= 0.3 is 0 Å². The van der Waals surface area contributed by atoms with Gasteiger partial charge in [0.1, 0.15) is 0 Å². The van der Waals surface area contributed by atoms with Crippen LogP contribution in [0.25, 0.3) is 0 Å². The predicted octanol–water partition coefficient (Wildman–Crippen LogP) is 2.73. The molecule has 0 N–H and O–H groups in total. The highest BCUT2D eigenvalue weighted by atomic mass is 16.3. The van der Waals surface area contributed by atoms with Gasteiger partial charge in [0.15, 0.2) is 5.76 Å². The Morgan fingerprint density at radius 2 is 2.22 bits per heavy atom. The zero-order valence-corrected chi connectivity index (χ0v) is 10.5. The van der Waals surface area contributed by atoms with Gasteiger partial charge < -0.3 is 9.32 Å². The minimum atomic E-state index is -0.0983. The lowest BCUT2D eigenvalue weighted by Gasteiger charge is -2.25. The van der Waals surface area contributed by atoms with E-state index in [0.29, 0.717) is 12.3 Å². The van der Waals surface area contributed by atoms with Crippen LogP contribution in [0, 0.1) is 0 Å². The Balaban J connectivity index is 2.17. The fraction of sp³-hybridized carbons (Fsp3) is 0.286. The molecular formula is C14H16N2O2. The molecule has 2 heterocycles. The first-order chi connectivity index (χ1) is 8.68. The van der Waals surface area contributed by atoms with E-state index in [1.54, 1.807) is 29.4 Å². The summed E-state index contributed by atoms with van der Waals surface area (Å²) in [5.74, 6) is 0.270. The van der Waals surface area contributed by atoms with E-state index >= 15 is 0 Å². The average molecular weight is 244 g/mol. The summed E-state index contributed by atoms with van der Waals surface area (Å²) >= 11 is 0. The van der Waals surface area contributed by atoms with Crippen molar-refractivity contribution in [3.05, 3.63) is 54.2 Å². The van der Waals surface area contributed by atoms with Crippen molar-refractivity contribution in [3.8, 4) is 0 Å². The lowest BCUT2D eigenvalue weighted by molar-refractivity contribution is 0.0657. The van der Waals surface area contributed by atoms with E-state index in [0.717, 1.165) is 5.56 Å². The largest absolute Gasteiger partial charge is 0.459 e. The SMILES string of the molecule is CC(C)N(Cc1cccnc1)C(=O)c1ccco1. The Labute approximate surface area is 106 Å². The molecule has 0 atom stereocenters. The van der Waals surface area contributed by atoms with Crippen LogP contribution in [0.5, 0.6) is 0 Å². The summed E-state index contributed by atoms with van der Waals surface area (Å²) in [7, 11) is 0. The van der Waals surface area contributed by atoms with Gasteiger partial charge in [0.25, 0.3) is 5.91 Å². The zero-order valence-electron chi connectivity index (χ0n) is 10.5. The van der Waals surface area contributed by atoms with Crippen LogP contribution in [-0.4, -0.2) is 21.8 Å². The first-order valence-electron chi connectivity index (χ1n) is 5.92. The smallest absolute Gasteiger partial charge is 0.290 e. The summed E-state index contributed by atoms with van der Waals surface area (Å²) in [6.07, 6.45) is 5.00. The van der Waals surface area contributed by atoms with Gasteiger partial charge in [-0.3, -0.25) is 9.78 Å². The molecule has 0 aromatic carbocycles. The number of rotatable bonds is 4. The Bertz CT molecular complexity index is 492. The molecule has 0 radical (unpaired) electrons. The maximum Gasteiger partial charge on any atom is 0.290 e. The summed E-state index contributed by atoms with van der Waals surface area (Å²) in [6.45, 7) is 4.50. The number of carbonyl (C=O) groups is 1. The van der Waals surface area contributed by atoms with Crippen molar-refractivity contribution >= 4 is 5.91 Å². The lowest BCUT2D eigenvalue weighted by Crippen LogP contribution is -2.36. The molecule has 18 heavy (non-hydrogen) atoms. The molecule has 1 amide bonds. The number of pyridine rings is 1. The minimum absolute atomic E-state index is 0.0983. The molecule has 0 bridgehead atoms. The summed E-state index contributed by atoms with van der Waals surface area (Å²) < 4.78 is 5.16. The first kappa shape index (κ1) is 12.4. The number of nitrogens with zero attached hydrogens (tertiary/aromatic N) is 2. The number of furan rings is 1. The summed E-state index contributed by atoms with van der Waals surface area (Å²) in [6, 6.07) is 7.32. The molecule has 2 aromatic rings. The van der Waals surface area contributed by atoms with Gasteiger partial charge in [0.05, 0.1) is 6.26 Å².